The molecule has 3 aromatic rings. The van der Waals surface area contributed by atoms with Gasteiger partial charge in [0.05, 0.1) is 19.6 Å². The molecule has 0 saturated carbocycles. The minimum atomic E-state index is -1.13. The number of nitrogens with zero attached hydrogens (tertiary/aromatic N) is 1. The molecule has 0 bridgehead atoms. The normalized spacial score (nSPS) is 11.3. The molecule has 4 N–H and O–H groups in total. The van der Waals surface area contributed by atoms with Crippen molar-refractivity contribution >= 4 is 17.7 Å². The van der Waals surface area contributed by atoms with Gasteiger partial charge in [-0.05, 0) is 35.9 Å². The maximum atomic E-state index is 12.5. The van der Waals surface area contributed by atoms with E-state index in [0.717, 1.165) is 0 Å². The molecule has 10 nitrogen and oxygen atoms in total. The Bertz CT molecular complexity index is 1210. The third-order valence-corrected chi connectivity index (χ3v) is 4.73. The number of aromatic nitrogens is 1. The molecule has 10 heteroatoms. The van der Waals surface area contributed by atoms with E-state index in [1.165, 1.54) is 23.9 Å². The summed E-state index contributed by atoms with van der Waals surface area (Å²) in [5.74, 6) is 0.173. The van der Waals surface area contributed by atoms with E-state index in [1.54, 1.807) is 55.6 Å². The van der Waals surface area contributed by atoms with Crippen LogP contribution in [0.3, 0.4) is 0 Å². The minimum Gasteiger partial charge on any atom is -0.505 e. The van der Waals surface area contributed by atoms with Gasteiger partial charge in [0.2, 0.25) is 0 Å². The summed E-state index contributed by atoms with van der Waals surface area (Å²) in [5.41, 5.74) is -0.414. The van der Waals surface area contributed by atoms with E-state index in [1.807, 2.05) is 0 Å². The summed E-state index contributed by atoms with van der Waals surface area (Å²) in [5, 5.41) is 24.0. The average Bonchev–Trinajstić information content (AvgIpc) is 2.79. The van der Waals surface area contributed by atoms with E-state index in [9.17, 15) is 24.6 Å². The number of nitrogens with one attached hydrogen (secondary N) is 2. The largest absolute Gasteiger partial charge is 0.505 e. The van der Waals surface area contributed by atoms with Gasteiger partial charge >= 0.3 is 12.0 Å². The minimum absolute atomic E-state index is 0.311. The fraction of sp³-hybridized carbons (Fsp3) is 0.174. The quantitative estimate of drug-likeness (QED) is 0.411. The number of aliphatic carboxylic acids is 1. The van der Waals surface area contributed by atoms with E-state index in [-0.39, 0.29) is 5.69 Å². The lowest BCUT2D eigenvalue weighted by atomic mass is 10.0. The fourth-order valence-electron chi connectivity index (χ4n) is 3.04. The first-order chi connectivity index (χ1) is 15.8. The summed E-state index contributed by atoms with van der Waals surface area (Å²) in [6.45, 7) is 0. The number of aromatic hydroxyl groups is 1. The lowest BCUT2D eigenvalue weighted by molar-refractivity contribution is -0.137. The zero-order valence-corrected chi connectivity index (χ0v) is 17.9. The molecule has 3 rings (SSSR count). The van der Waals surface area contributed by atoms with Crippen LogP contribution in [0.5, 0.6) is 23.0 Å². The van der Waals surface area contributed by atoms with Crippen molar-refractivity contribution in [1.82, 2.24) is 9.88 Å². The van der Waals surface area contributed by atoms with Gasteiger partial charge in [0.1, 0.15) is 23.0 Å². The first kappa shape index (κ1) is 23.2. The molecular formula is C23H23N3O7. The number of carbonyl (C=O) groups excluding carboxylic acids is 1. The SMILES string of the molecule is COc1cccc(Oc2ccc(C(CC(=O)O)NC(=O)Nc3c(O)ccn(C)c3=O)cc2)c1. The Labute approximate surface area is 189 Å². The molecule has 1 unspecified atom stereocenters. The van der Waals surface area contributed by atoms with Crippen LogP contribution >= 0.6 is 0 Å². The predicted molar refractivity (Wildman–Crippen MR) is 120 cm³/mol. The maximum Gasteiger partial charge on any atom is 0.319 e. The Kier molecular flexibility index (Phi) is 7.19. The molecule has 0 spiro atoms. The van der Waals surface area contributed by atoms with Crippen molar-refractivity contribution in [3.63, 3.8) is 0 Å². The second kappa shape index (κ2) is 10.2. The number of pyridine rings is 1. The first-order valence-corrected chi connectivity index (χ1v) is 9.86. The average molecular weight is 453 g/mol. The number of carboxylic acids is 1. The third-order valence-electron chi connectivity index (χ3n) is 4.73. The van der Waals surface area contributed by atoms with Crippen molar-refractivity contribution in [1.29, 1.82) is 0 Å². The molecule has 1 heterocycles. The zero-order chi connectivity index (χ0) is 24.0. The van der Waals surface area contributed by atoms with Gasteiger partial charge in [-0.1, -0.05) is 18.2 Å². The summed E-state index contributed by atoms with van der Waals surface area (Å²) in [6, 6.07) is 13.1. The number of aryl methyl sites for hydroxylation is 1. The standard InChI is InChI=1S/C23H23N3O7/c1-26-11-10-19(27)21(22(26)30)25-23(31)24-18(13-20(28)29)14-6-8-15(9-7-14)33-17-5-3-4-16(12-17)32-2/h3-12,18,27H,13H2,1-2H3,(H,28,29)(H2,24,25,31). The number of hydrogen-bond acceptors (Lipinski definition) is 6. The highest BCUT2D eigenvalue weighted by Crippen LogP contribution is 2.27. The highest BCUT2D eigenvalue weighted by molar-refractivity contribution is 5.91. The molecule has 0 aliphatic rings. The van der Waals surface area contributed by atoms with E-state index in [0.29, 0.717) is 22.8 Å². The molecule has 33 heavy (non-hydrogen) atoms. The second-order valence-corrected chi connectivity index (χ2v) is 7.09. The summed E-state index contributed by atoms with van der Waals surface area (Å²) in [6.07, 6.45) is 0.950. The van der Waals surface area contributed by atoms with Crippen molar-refractivity contribution in [3.8, 4) is 23.0 Å². The van der Waals surface area contributed by atoms with Crippen molar-refractivity contribution in [3.05, 3.63) is 76.7 Å². The Morgan fingerprint density at radius 2 is 1.76 bits per heavy atom. The Hall–Kier alpha value is -4.47. The van der Waals surface area contributed by atoms with Crippen molar-refractivity contribution in [2.75, 3.05) is 12.4 Å². The molecule has 0 aliphatic carbocycles. The van der Waals surface area contributed by atoms with Crippen LogP contribution in [-0.2, 0) is 11.8 Å². The highest BCUT2D eigenvalue weighted by Gasteiger charge is 2.20. The molecular weight excluding hydrogens is 430 g/mol. The van der Waals surface area contributed by atoms with Crippen LogP contribution in [0.2, 0.25) is 0 Å². The van der Waals surface area contributed by atoms with Crippen LogP contribution in [0.25, 0.3) is 0 Å². The van der Waals surface area contributed by atoms with Gasteiger partial charge in [-0.15, -0.1) is 0 Å². The summed E-state index contributed by atoms with van der Waals surface area (Å²) >= 11 is 0. The molecule has 0 radical (unpaired) electrons. The van der Waals surface area contributed by atoms with Crippen LogP contribution in [0.4, 0.5) is 10.5 Å². The van der Waals surface area contributed by atoms with E-state index in [4.69, 9.17) is 9.47 Å². The number of benzene rings is 2. The number of anilines is 1. The summed E-state index contributed by atoms with van der Waals surface area (Å²) in [4.78, 5) is 35.9. The third kappa shape index (κ3) is 6.03. The molecule has 172 valence electrons. The molecule has 0 saturated heterocycles. The summed E-state index contributed by atoms with van der Waals surface area (Å²) in [7, 11) is 3.02. The number of carboxylic acid groups (broad SMARTS) is 1. The number of amides is 2. The molecule has 2 amide bonds. The molecule has 1 aromatic heterocycles. The van der Waals surface area contributed by atoms with Gasteiger partial charge in [0.15, 0.2) is 5.69 Å². The van der Waals surface area contributed by atoms with Crippen molar-refractivity contribution in [2.45, 2.75) is 12.5 Å². The Morgan fingerprint density at radius 3 is 2.42 bits per heavy atom. The molecule has 0 aliphatic heterocycles. The van der Waals surface area contributed by atoms with Crippen LogP contribution in [0.1, 0.15) is 18.0 Å². The number of hydrogen-bond donors (Lipinski definition) is 4. The van der Waals surface area contributed by atoms with Gasteiger partial charge in [-0.25, -0.2) is 4.79 Å². The first-order valence-electron chi connectivity index (χ1n) is 9.86. The van der Waals surface area contributed by atoms with Gasteiger partial charge in [-0.3, -0.25) is 9.59 Å². The van der Waals surface area contributed by atoms with Gasteiger partial charge < -0.3 is 34.9 Å². The van der Waals surface area contributed by atoms with Crippen molar-refractivity contribution < 1.29 is 29.3 Å². The van der Waals surface area contributed by atoms with Gasteiger partial charge in [0.25, 0.3) is 5.56 Å². The number of urea groups is 1. The number of ether oxygens (including phenoxy) is 2. The Morgan fingerprint density at radius 1 is 1.06 bits per heavy atom. The van der Waals surface area contributed by atoms with E-state index < -0.39 is 35.8 Å². The number of carbonyl (C=O) groups is 2. The number of rotatable bonds is 8. The molecule has 0 fully saturated rings. The lowest BCUT2D eigenvalue weighted by Crippen LogP contribution is -2.35. The zero-order valence-electron chi connectivity index (χ0n) is 17.9. The van der Waals surface area contributed by atoms with Crippen LogP contribution in [0, 0.1) is 0 Å². The van der Waals surface area contributed by atoms with E-state index >= 15 is 0 Å². The van der Waals surface area contributed by atoms with Gasteiger partial charge in [-0.2, -0.15) is 0 Å². The molecule has 2 aromatic carbocycles. The predicted octanol–water partition coefficient (Wildman–Crippen LogP) is 3.23. The highest BCUT2D eigenvalue weighted by atomic mass is 16.5. The maximum absolute atomic E-state index is 12.5. The molecule has 1 atom stereocenters. The topological polar surface area (TPSA) is 139 Å². The van der Waals surface area contributed by atoms with Crippen LogP contribution in [0.15, 0.2) is 65.6 Å². The van der Waals surface area contributed by atoms with E-state index in [2.05, 4.69) is 10.6 Å². The summed E-state index contributed by atoms with van der Waals surface area (Å²) < 4.78 is 12.1. The monoisotopic (exact) mass is 453 g/mol. The smallest absolute Gasteiger partial charge is 0.319 e. The Balaban J connectivity index is 1.74. The fourth-order valence-corrected chi connectivity index (χ4v) is 3.04. The van der Waals surface area contributed by atoms with Crippen LogP contribution in [-0.4, -0.2) is 33.9 Å². The van der Waals surface area contributed by atoms with Crippen LogP contribution < -0.4 is 25.7 Å². The van der Waals surface area contributed by atoms with Crippen molar-refractivity contribution in [2.24, 2.45) is 7.05 Å². The number of methoxy groups -OCH3 is 1. The lowest BCUT2D eigenvalue weighted by Gasteiger charge is -2.18. The second-order valence-electron chi connectivity index (χ2n) is 7.09. The van der Waals surface area contributed by atoms with Gasteiger partial charge in [0, 0.05) is 19.3 Å².